The Hall–Kier alpha value is -0.650. The number of carbonyl (C=O) groups is 1. The molecule has 2 aliphatic heterocycles. The third kappa shape index (κ3) is 3.66. The van der Waals surface area contributed by atoms with Gasteiger partial charge in [0.25, 0.3) is 0 Å². The summed E-state index contributed by atoms with van der Waals surface area (Å²) in [5, 5.41) is 12.7. The number of nitrogens with one attached hydrogen (secondary N) is 1. The smallest absolute Gasteiger partial charge is 0.308 e. The normalized spacial score (nSPS) is 25.6. The number of piperidine rings is 1. The maximum absolute atomic E-state index is 11.4. The summed E-state index contributed by atoms with van der Waals surface area (Å²) in [5.41, 5.74) is 0. The van der Waals surface area contributed by atoms with Crippen LogP contribution in [-0.4, -0.2) is 61.9 Å². The van der Waals surface area contributed by atoms with E-state index in [0.29, 0.717) is 12.5 Å². The summed E-state index contributed by atoms with van der Waals surface area (Å²) in [6, 6.07) is 0. The molecular formula is C12H22N2O3. The van der Waals surface area contributed by atoms with Crippen molar-refractivity contribution in [1.29, 1.82) is 0 Å². The average molecular weight is 242 g/mol. The highest BCUT2D eigenvalue weighted by molar-refractivity contribution is 5.70. The van der Waals surface area contributed by atoms with Crippen LogP contribution in [0.25, 0.3) is 0 Å². The first kappa shape index (κ1) is 12.8. The first-order valence-corrected chi connectivity index (χ1v) is 6.51. The van der Waals surface area contributed by atoms with E-state index in [1.165, 1.54) is 0 Å². The number of carboxylic acids is 1. The topological polar surface area (TPSA) is 61.8 Å². The molecule has 5 nitrogen and oxygen atoms in total. The molecule has 1 unspecified atom stereocenters. The van der Waals surface area contributed by atoms with Crippen LogP contribution in [0.4, 0.5) is 0 Å². The minimum atomic E-state index is -0.636. The monoisotopic (exact) mass is 242 g/mol. The predicted octanol–water partition coefficient (Wildman–Crippen LogP) is 0.0190. The van der Waals surface area contributed by atoms with E-state index in [2.05, 4.69) is 10.2 Å². The van der Waals surface area contributed by atoms with Crippen molar-refractivity contribution < 1.29 is 14.6 Å². The Balaban J connectivity index is 1.88. The zero-order valence-corrected chi connectivity index (χ0v) is 10.2. The summed E-state index contributed by atoms with van der Waals surface area (Å²) >= 11 is 0. The van der Waals surface area contributed by atoms with Crippen LogP contribution < -0.4 is 5.32 Å². The van der Waals surface area contributed by atoms with Gasteiger partial charge in [0.2, 0.25) is 0 Å². The Morgan fingerprint density at radius 2 is 2.00 bits per heavy atom. The van der Waals surface area contributed by atoms with Gasteiger partial charge in [0.1, 0.15) is 0 Å². The van der Waals surface area contributed by atoms with E-state index in [9.17, 15) is 9.90 Å². The molecule has 0 aromatic carbocycles. The number of aliphatic carboxylic acids is 1. The van der Waals surface area contributed by atoms with Crippen LogP contribution in [0.1, 0.15) is 12.8 Å². The number of nitrogens with zero attached hydrogens (tertiary/aromatic N) is 1. The first-order chi connectivity index (χ1) is 8.27. The molecule has 2 fully saturated rings. The third-order valence-electron chi connectivity index (χ3n) is 3.83. The number of rotatable bonds is 4. The van der Waals surface area contributed by atoms with E-state index < -0.39 is 5.97 Å². The molecule has 1 atom stereocenters. The summed E-state index contributed by atoms with van der Waals surface area (Å²) in [6.07, 6.45) is 1.97. The largest absolute Gasteiger partial charge is 0.481 e. The van der Waals surface area contributed by atoms with E-state index in [1.54, 1.807) is 0 Å². The van der Waals surface area contributed by atoms with Crippen molar-refractivity contribution in [3.63, 3.8) is 0 Å². The highest BCUT2D eigenvalue weighted by atomic mass is 16.5. The molecule has 5 heteroatoms. The number of morpholine rings is 1. The van der Waals surface area contributed by atoms with Gasteiger partial charge in [-0.15, -0.1) is 0 Å². The van der Waals surface area contributed by atoms with Crippen molar-refractivity contribution in [2.24, 2.45) is 11.8 Å². The van der Waals surface area contributed by atoms with Gasteiger partial charge in [-0.25, -0.2) is 0 Å². The highest BCUT2D eigenvalue weighted by Gasteiger charge is 2.31. The second kappa shape index (κ2) is 6.33. The van der Waals surface area contributed by atoms with Gasteiger partial charge in [-0.1, -0.05) is 0 Å². The van der Waals surface area contributed by atoms with Gasteiger partial charge in [0.05, 0.1) is 19.1 Å². The summed E-state index contributed by atoms with van der Waals surface area (Å²) in [5.74, 6) is -0.518. The Kier molecular flexibility index (Phi) is 4.76. The molecule has 98 valence electrons. The van der Waals surface area contributed by atoms with Crippen molar-refractivity contribution in [1.82, 2.24) is 10.2 Å². The van der Waals surface area contributed by atoms with Gasteiger partial charge >= 0.3 is 5.97 Å². The second-order valence-corrected chi connectivity index (χ2v) is 4.95. The fraction of sp³-hybridized carbons (Fsp3) is 0.917. The fourth-order valence-electron chi connectivity index (χ4n) is 2.74. The van der Waals surface area contributed by atoms with E-state index in [-0.39, 0.29) is 5.92 Å². The fourth-order valence-corrected chi connectivity index (χ4v) is 2.74. The predicted molar refractivity (Wildman–Crippen MR) is 64.0 cm³/mol. The minimum absolute atomic E-state index is 0.213. The average Bonchev–Trinajstić information content (AvgIpc) is 2.38. The van der Waals surface area contributed by atoms with Gasteiger partial charge in [-0.3, -0.25) is 9.69 Å². The van der Waals surface area contributed by atoms with Crippen LogP contribution >= 0.6 is 0 Å². The maximum atomic E-state index is 11.4. The van der Waals surface area contributed by atoms with Crippen LogP contribution in [0.3, 0.4) is 0 Å². The maximum Gasteiger partial charge on any atom is 0.308 e. The van der Waals surface area contributed by atoms with Crippen LogP contribution in [-0.2, 0) is 9.53 Å². The zero-order valence-electron chi connectivity index (χ0n) is 10.2. The lowest BCUT2D eigenvalue weighted by Crippen LogP contribution is -2.45. The quantitative estimate of drug-likeness (QED) is 0.727. The molecule has 2 N–H and O–H groups in total. The van der Waals surface area contributed by atoms with Gasteiger partial charge in [0.15, 0.2) is 0 Å². The molecule has 2 rings (SSSR count). The summed E-state index contributed by atoms with van der Waals surface area (Å²) in [7, 11) is 0. The molecule has 0 spiro atoms. The Labute approximate surface area is 102 Å². The summed E-state index contributed by atoms with van der Waals surface area (Å²) < 4.78 is 5.29. The Bertz CT molecular complexity index is 248. The molecule has 2 aliphatic rings. The molecule has 0 amide bonds. The molecule has 2 heterocycles. The molecular weight excluding hydrogens is 220 g/mol. The molecule has 0 aromatic rings. The molecule has 0 aliphatic carbocycles. The van der Waals surface area contributed by atoms with Gasteiger partial charge in [-0.05, 0) is 31.8 Å². The van der Waals surface area contributed by atoms with Crippen molar-refractivity contribution in [3.05, 3.63) is 0 Å². The zero-order chi connectivity index (χ0) is 12.1. The molecule has 17 heavy (non-hydrogen) atoms. The van der Waals surface area contributed by atoms with E-state index in [0.717, 1.165) is 52.2 Å². The van der Waals surface area contributed by atoms with Crippen LogP contribution in [0, 0.1) is 11.8 Å². The molecule has 0 bridgehead atoms. The molecule has 0 radical (unpaired) electrons. The lowest BCUT2D eigenvalue weighted by Gasteiger charge is -2.33. The van der Waals surface area contributed by atoms with Crippen LogP contribution in [0.15, 0.2) is 0 Å². The standard InChI is InChI=1S/C12H22N2O3/c15-12(16)11(10-1-3-13-4-2-10)9-14-5-7-17-8-6-14/h10-11,13H,1-9H2,(H,15,16). The molecule has 2 saturated heterocycles. The van der Waals surface area contributed by atoms with Crippen molar-refractivity contribution in [2.45, 2.75) is 12.8 Å². The van der Waals surface area contributed by atoms with Gasteiger partial charge in [-0.2, -0.15) is 0 Å². The first-order valence-electron chi connectivity index (χ1n) is 6.51. The SMILES string of the molecule is O=C(O)C(CN1CCOCC1)C1CCNCC1. The number of hydrogen-bond donors (Lipinski definition) is 2. The van der Waals surface area contributed by atoms with Crippen LogP contribution in [0.2, 0.25) is 0 Å². The van der Waals surface area contributed by atoms with Crippen molar-refractivity contribution in [2.75, 3.05) is 45.9 Å². The summed E-state index contributed by atoms with van der Waals surface area (Å²) in [4.78, 5) is 13.6. The molecule has 0 saturated carbocycles. The van der Waals surface area contributed by atoms with Crippen LogP contribution in [0.5, 0.6) is 0 Å². The Morgan fingerprint density at radius 1 is 1.35 bits per heavy atom. The van der Waals surface area contributed by atoms with Gasteiger partial charge < -0.3 is 15.2 Å². The van der Waals surface area contributed by atoms with Crippen molar-refractivity contribution in [3.8, 4) is 0 Å². The van der Waals surface area contributed by atoms with E-state index in [1.807, 2.05) is 0 Å². The third-order valence-corrected chi connectivity index (χ3v) is 3.83. The van der Waals surface area contributed by atoms with Gasteiger partial charge in [0, 0.05) is 19.6 Å². The second-order valence-electron chi connectivity index (χ2n) is 4.95. The lowest BCUT2D eigenvalue weighted by atomic mass is 9.84. The number of carboxylic acid groups (broad SMARTS) is 1. The Morgan fingerprint density at radius 3 is 2.59 bits per heavy atom. The van der Waals surface area contributed by atoms with E-state index in [4.69, 9.17) is 4.74 Å². The number of ether oxygens (including phenoxy) is 1. The molecule has 0 aromatic heterocycles. The van der Waals surface area contributed by atoms with E-state index >= 15 is 0 Å². The lowest BCUT2D eigenvalue weighted by molar-refractivity contribution is -0.145. The van der Waals surface area contributed by atoms with Crippen molar-refractivity contribution >= 4 is 5.97 Å². The summed E-state index contributed by atoms with van der Waals surface area (Å²) in [6.45, 7) is 5.80. The minimum Gasteiger partial charge on any atom is -0.481 e. The number of hydrogen-bond acceptors (Lipinski definition) is 4. The highest BCUT2D eigenvalue weighted by Crippen LogP contribution is 2.23.